The zero-order chi connectivity index (χ0) is 24.6. The van der Waals surface area contributed by atoms with Gasteiger partial charge < -0.3 is 9.30 Å². The van der Waals surface area contributed by atoms with Crippen molar-refractivity contribution in [3.63, 3.8) is 0 Å². The van der Waals surface area contributed by atoms with Crippen LogP contribution in [0, 0.1) is 33.5 Å². The number of aryl methyl sites for hydroxylation is 3. The van der Waals surface area contributed by atoms with Crippen molar-refractivity contribution in [2.45, 2.75) is 39.6 Å². The van der Waals surface area contributed by atoms with Gasteiger partial charge in [-0.25, -0.2) is 19.2 Å². The first-order chi connectivity index (χ1) is 16.2. The Kier molecular flexibility index (Phi) is 6.86. The number of aromatic nitrogens is 3. The standard InChI is InChI=1S/C25H24FN3O3S2/c1-6-32-25(31)22-14(3)21-23(27-16(5)28-24(21)34-22)33-12-20(30)17-11-13(2)29(15(17)4)19-10-8-7-9-18(19)26/h7-11H,6,12H2,1-5H3. The third-order valence-electron chi connectivity index (χ3n) is 5.49. The van der Waals surface area contributed by atoms with Crippen LogP contribution in [0.2, 0.25) is 0 Å². The smallest absolute Gasteiger partial charge is 0.348 e. The van der Waals surface area contributed by atoms with Crippen LogP contribution in [0.1, 0.15) is 49.7 Å². The summed E-state index contributed by atoms with van der Waals surface area (Å²) in [6.07, 6.45) is 0. The molecule has 0 aliphatic carbocycles. The molecule has 0 atom stereocenters. The maximum Gasteiger partial charge on any atom is 0.348 e. The summed E-state index contributed by atoms with van der Waals surface area (Å²) in [6.45, 7) is 9.36. The normalized spacial score (nSPS) is 11.2. The SMILES string of the molecule is CCOC(=O)c1sc2nc(C)nc(SCC(=O)c3cc(C)n(-c4ccccc4F)c3C)c2c1C. The molecule has 0 spiro atoms. The van der Waals surface area contributed by atoms with Crippen LogP contribution in [0.25, 0.3) is 15.9 Å². The van der Waals surface area contributed by atoms with E-state index in [0.717, 1.165) is 16.6 Å². The number of carbonyl (C=O) groups excluding carboxylic acids is 2. The minimum Gasteiger partial charge on any atom is -0.462 e. The Morgan fingerprint density at radius 1 is 1.15 bits per heavy atom. The largest absolute Gasteiger partial charge is 0.462 e. The van der Waals surface area contributed by atoms with E-state index >= 15 is 0 Å². The predicted molar refractivity (Wildman–Crippen MR) is 133 cm³/mol. The van der Waals surface area contributed by atoms with E-state index in [0.29, 0.717) is 44.1 Å². The molecule has 3 heterocycles. The third kappa shape index (κ3) is 4.37. The number of rotatable bonds is 7. The fourth-order valence-electron chi connectivity index (χ4n) is 3.96. The first-order valence-corrected chi connectivity index (χ1v) is 12.6. The molecule has 0 aliphatic heterocycles. The van der Waals surface area contributed by atoms with E-state index in [1.54, 1.807) is 42.7 Å². The Balaban J connectivity index is 1.64. The molecule has 6 nitrogen and oxygen atoms in total. The average Bonchev–Trinajstić information content (AvgIpc) is 3.28. The molecular weight excluding hydrogens is 473 g/mol. The van der Waals surface area contributed by atoms with Gasteiger partial charge in [0.25, 0.3) is 0 Å². The molecular formula is C25H24FN3O3S2. The second kappa shape index (κ2) is 9.68. The van der Waals surface area contributed by atoms with Gasteiger partial charge in [0.05, 0.1) is 18.0 Å². The van der Waals surface area contributed by atoms with Crippen molar-refractivity contribution in [2.24, 2.45) is 0 Å². The van der Waals surface area contributed by atoms with Crippen molar-refractivity contribution in [3.8, 4) is 5.69 Å². The number of Topliss-reactive ketones (excluding diaryl/α,β-unsaturated/α-hetero) is 1. The van der Waals surface area contributed by atoms with Crippen LogP contribution in [0.3, 0.4) is 0 Å². The lowest BCUT2D eigenvalue weighted by molar-refractivity contribution is 0.0531. The van der Waals surface area contributed by atoms with Crippen LogP contribution >= 0.6 is 23.1 Å². The van der Waals surface area contributed by atoms with E-state index in [2.05, 4.69) is 9.97 Å². The van der Waals surface area contributed by atoms with Gasteiger partial charge in [0, 0.05) is 22.3 Å². The van der Waals surface area contributed by atoms with Crippen molar-refractivity contribution in [2.75, 3.05) is 12.4 Å². The number of halogens is 1. The Morgan fingerprint density at radius 2 is 1.88 bits per heavy atom. The molecule has 0 bridgehead atoms. The molecule has 0 aliphatic rings. The first-order valence-electron chi connectivity index (χ1n) is 10.8. The van der Waals surface area contributed by atoms with Gasteiger partial charge in [0.2, 0.25) is 0 Å². The van der Waals surface area contributed by atoms with Gasteiger partial charge in [0.15, 0.2) is 5.78 Å². The minimum absolute atomic E-state index is 0.0800. The number of benzene rings is 1. The maximum absolute atomic E-state index is 14.4. The first kappa shape index (κ1) is 24.1. The van der Waals surface area contributed by atoms with Crippen LogP contribution in [0.5, 0.6) is 0 Å². The van der Waals surface area contributed by atoms with Gasteiger partial charge in [0.1, 0.15) is 26.4 Å². The van der Waals surface area contributed by atoms with E-state index < -0.39 is 0 Å². The highest BCUT2D eigenvalue weighted by Crippen LogP contribution is 2.36. The molecule has 1 aromatic carbocycles. The fraction of sp³-hybridized carbons (Fsp3) is 0.280. The maximum atomic E-state index is 14.4. The summed E-state index contributed by atoms with van der Waals surface area (Å²) in [5, 5.41) is 1.43. The van der Waals surface area contributed by atoms with E-state index in [1.807, 2.05) is 20.8 Å². The zero-order valence-electron chi connectivity index (χ0n) is 19.6. The van der Waals surface area contributed by atoms with Gasteiger partial charge >= 0.3 is 5.97 Å². The Hall–Kier alpha value is -3.04. The van der Waals surface area contributed by atoms with Crippen molar-refractivity contribution in [1.82, 2.24) is 14.5 Å². The quantitative estimate of drug-likeness (QED) is 0.135. The predicted octanol–water partition coefficient (Wildman–Crippen LogP) is 6.01. The molecule has 0 fully saturated rings. The molecule has 0 unspecified atom stereocenters. The summed E-state index contributed by atoms with van der Waals surface area (Å²) < 4.78 is 21.3. The lowest BCUT2D eigenvalue weighted by atomic mass is 10.2. The van der Waals surface area contributed by atoms with Gasteiger partial charge in [-0.05, 0) is 58.4 Å². The number of thiophene rings is 1. The lowest BCUT2D eigenvalue weighted by Gasteiger charge is -2.11. The third-order valence-corrected chi connectivity index (χ3v) is 7.64. The average molecular weight is 498 g/mol. The molecule has 0 saturated carbocycles. The molecule has 9 heteroatoms. The van der Waals surface area contributed by atoms with Crippen LogP contribution in [-0.4, -0.2) is 38.6 Å². The number of ketones is 1. The molecule has 0 N–H and O–H groups in total. The van der Waals surface area contributed by atoms with E-state index in [9.17, 15) is 14.0 Å². The monoisotopic (exact) mass is 497 g/mol. The second-order valence-electron chi connectivity index (χ2n) is 7.82. The number of esters is 1. The summed E-state index contributed by atoms with van der Waals surface area (Å²) in [4.78, 5) is 35.8. The number of carbonyl (C=O) groups is 2. The fourth-order valence-corrected chi connectivity index (χ4v) is 6.16. The van der Waals surface area contributed by atoms with Crippen LogP contribution in [-0.2, 0) is 4.74 Å². The summed E-state index contributed by atoms with van der Waals surface area (Å²) in [5.74, 6) is -0.0903. The Morgan fingerprint density at radius 3 is 2.59 bits per heavy atom. The molecule has 4 rings (SSSR count). The van der Waals surface area contributed by atoms with Crippen molar-refractivity contribution >= 4 is 45.1 Å². The van der Waals surface area contributed by atoms with Gasteiger partial charge in [-0.3, -0.25) is 4.79 Å². The van der Waals surface area contributed by atoms with Gasteiger partial charge in [-0.2, -0.15) is 0 Å². The number of fused-ring (bicyclic) bond motifs is 1. The van der Waals surface area contributed by atoms with E-state index in [-0.39, 0.29) is 23.3 Å². The van der Waals surface area contributed by atoms with Crippen molar-refractivity contribution in [1.29, 1.82) is 0 Å². The zero-order valence-corrected chi connectivity index (χ0v) is 21.2. The van der Waals surface area contributed by atoms with Crippen LogP contribution < -0.4 is 0 Å². The highest BCUT2D eigenvalue weighted by Gasteiger charge is 2.23. The van der Waals surface area contributed by atoms with Crippen molar-refractivity contribution in [3.05, 3.63) is 69.4 Å². The highest BCUT2D eigenvalue weighted by atomic mass is 32.2. The number of para-hydroxylation sites is 1. The molecule has 0 amide bonds. The van der Waals surface area contributed by atoms with Crippen LogP contribution in [0.15, 0.2) is 35.4 Å². The second-order valence-corrected chi connectivity index (χ2v) is 9.78. The van der Waals surface area contributed by atoms with E-state index in [1.165, 1.54) is 29.2 Å². The summed E-state index contributed by atoms with van der Waals surface area (Å²) >= 11 is 2.59. The summed E-state index contributed by atoms with van der Waals surface area (Å²) in [6, 6.07) is 8.30. The molecule has 0 saturated heterocycles. The molecule has 3 aromatic heterocycles. The topological polar surface area (TPSA) is 74.1 Å². The number of thioether (sulfide) groups is 1. The van der Waals surface area contributed by atoms with Gasteiger partial charge in [-0.15, -0.1) is 11.3 Å². The molecule has 4 aromatic rings. The number of nitrogens with zero attached hydrogens (tertiary/aromatic N) is 3. The van der Waals surface area contributed by atoms with Crippen LogP contribution in [0.4, 0.5) is 4.39 Å². The van der Waals surface area contributed by atoms with Crippen molar-refractivity contribution < 1.29 is 18.7 Å². The Labute approximate surface area is 205 Å². The molecule has 176 valence electrons. The Bertz CT molecular complexity index is 1420. The summed E-state index contributed by atoms with van der Waals surface area (Å²) in [7, 11) is 0. The minimum atomic E-state index is -0.381. The molecule has 0 radical (unpaired) electrons. The molecule has 34 heavy (non-hydrogen) atoms. The highest BCUT2D eigenvalue weighted by molar-refractivity contribution is 8.00. The van der Waals surface area contributed by atoms with E-state index in [4.69, 9.17) is 4.74 Å². The van der Waals surface area contributed by atoms with Gasteiger partial charge in [-0.1, -0.05) is 23.9 Å². The summed E-state index contributed by atoms with van der Waals surface area (Å²) in [5.41, 5.74) is 3.19. The number of ether oxygens (including phenoxy) is 1. The lowest BCUT2D eigenvalue weighted by Crippen LogP contribution is -2.07. The number of hydrogen-bond acceptors (Lipinski definition) is 7. The number of hydrogen-bond donors (Lipinski definition) is 0.